The summed E-state index contributed by atoms with van der Waals surface area (Å²) in [5.74, 6) is 0. The van der Waals surface area contributed by atoms with Gasteiger partial charge in [-0.05, 0) is 12.1 Å². The average molecular weight is 220 g/mol. The molecule has 0 saturated carbocycles. The fourth-order valence-electron chi connectivity index (χ4n) is 0.909. The van der Waals surface area contributed by atoms with Gasteiger partial charge in [-0.2, -0.15) is 0 Å². The Hall–Kier alpha value is -1.98. The van der Waals surface area contributed by atoms with Gasteiger partial charge in [0.25, 0.3) is 0 Å². The highest BCUT2D eigenvalue weighted by molar-refractivity contribution is 5.60. The van der Waals surface area contributed by atoms with Crippen LogP contribution in [-0.4, -0.2) is 38.2 Å². The van der Waals surface area contributed by atoms with E-state index < -0.39 is 0 Å². The first-order valence-electron chi connectivity index (χ1n) is 4.86. The Morgan fingerprint density at radius 1 is 0.750 bits per heavy atom. The molecule has 16 heavy (non-hydrogen) atoms. The van der Waals surface area contributed by atoms with Crippen LogP contribution < -0.4 is 0 Å². The second kappa shape index (κ2) is 5.79. The molecule has 1 rings (SSSR count). The quantitative estimate of drug-likeness (QED) is 0.578. The van der Waals surface area contributed by atoms with Crippen molar-refractivity contribution in [3.8, 4) is 0 Å². The molecule has 0 heterocycles. The maximum atomic E-state index is 4.06. The molecule has 6 nitrogen and oxygen atoms in total. The van der Waals surface area contributed by atoms with Gasteiger partial charge in [-0.25, -0.2) is 0 Å². The van der Waals surface area contributed by atoms with E-state index in [4.69, 9.17) is 0 Å². The third kappa shape index (κ3) is 4.04. The van der Waals surface area contributed by atoms with Crippen molar-refractivity contribution in [2.75, 3.05) is 28.2 Å². The molecular formula is C10H16N6. The molecule has 86 valence electrons. The minimum Gasteiger partial charge on any atom is -0.285 e. The smallest absolute Gasteiger partial charge is 0.115 e. The van der Waals surface area contributed by atoms with E-state index in [2.05, 4.69) is 20.7 Å². The zero-order valence-electron chi connectivity index (χ0n) is 9.99. The normalized spacial score (nSPS) is 11.2. The van der Waals surface area contributed by atoms with Crippen molar-refractivity contribution in [3.05, 3.63) is 24.3 Å². The predicted octanol–water partition coefficient (Wildman–Crippen LogP) is 2.81. The van der Waals surface area contributed by atoms with Crippen molar-refractivity contribution in [3.63, 3.8) is 0 Å². The van der Waals surface area contributed by atoms with Crippen LogP contribution in [0.15, 0.2) is 44.9 Å². The van der Waals surface area contributed by atoms with Crippen LogP contribution in [0.25, 0.3) is 0 Å². The predicted molar refractivity (Wildman–Crippen MR) is 62.8 cm³/mol. The Balaban J connectivity index is 2.92. The van der Waals surface area contributed by atoms with E-state index in [0.29, 0.717) is 11.4 Å². The molecule has 0 aliphatic carbocycles. The minimum atomic E-state index is 0.696. The zero-order valence-corrected chi connectivity index (χ0v) is 9.99. The molecule has 1 aromatic carbocycles. The first kappa shape index (κ1) is 12.1. The van der Waals surface area contributed by atoms with E-state index in [0.717, 1.165) is 0 Å². The highest BCUT2D eigenvalue weighted by atomic mass is 15.5. The fraction of sp³-hybridized carbons (Fsp3) is 0.400. The van der Waals surface area contributed by atoms with Crippen LogP contribution in [0.5, 0.6) is 0 Å². The molecule has 0 N–H and O–H groups in total. The maximum Gasteiger partial charge on any atom is 0.115 e. The van der Waals surface area contributed by atoms with Crippen LogP contribution in [0.2, 0.25) is 0 Å². The van der Waals surface area contributed by atoms with Crippen LogP contribution in [0.1, 0.15) is 0 Å². The van der Waals surface area contributed by atoms with Gasteiger partial charge >= 0.3 is 0 Å². The van der Waals surface area contributed by atoms with Crippen molar-refractivity contribution < 1.29 is 0 Å². The molecule has 0 amide bonds. The van der Waals surface area contributed by atoms with Gasteiger partial charge in [-0.3, -0.25) is 10.0 Å². The molecule has 0 unspecified atom stereocenters. The lowest BCUT2D eigenvalue weighted by Crippen LogP contribution is -1.99. The van der Waals surface area contributed by atoms with Crippen LogP contribution in [-0.2, 0) is 0 Å². The van der Waals surface area contributed by atoms with E-state index >= 15 is 0 Å². The molecule has 0 atom stereocenters. The molecule has 0 bridgehead atoms. The van der Waals surface area contributed by atoms with Gasteiger partial charge in [0, 0.05) is 28.2 Å². The summed E-state index contributed by atoms with van der Waals surface area (Å²) in [6, 6.07) is 7.46. The zero-order chi connectivity index (χ0) is 12.0. The molecule has 6 heteroatoms. The van der Waals surface area contributed by atoms with Crippen molar-refractivity contribution in [2.45, 2.75) is 0 Å². The first-order valence-corrected chi connectivity index (χ1v) is 4.86. The monoisotopic (exact) mass is 220 g/mol. The standard InChI is InChI=1S/C10H16N6/c1-15(2)13-11-9-7-5-6-8-10(9)12-14-16(3)4/h5-8H,1-4H3. The number of hydrogen-bond acceptors (Lipinski definition) is 4. The lowest BCUT2D eigenvalue weighted by molar-refractivity contribution is 0.406. The highest BCUT2D eigenvalue weighted by Crippen LogP contribution is 2.27. The topological polar surface area (TPSA) is 55.9 Å². The largest absolute Gasteiger partial charge is 0.285 e. The summed E-state index contributed by atoms with van der Waals surface area (Å²) < 4.78 is 0. The SMILES string of the molecule is CN(C)N=Nc1ccccc1N=NN(C)C. The Morgan fingerprint density at radius 2 is 1.12 bits per heavy atom. The molecule has 0 saturated heterocycles. The van der Waals surface area contributed by atoms with Gasteiger partial charge in [-0.15, -0.1) is 10.2 Å². The van der Waals surface area contributed by atoms with Crippen LogP contribution in [0.4, 0.5) is 11.4 Å². The summed E-state index contributed by atoms with van der Waals surface area (Å²) in [6.45, 7) is 0. The van der Waals surface area contributed by atoms with E-state index in [1.165, 1.54) is 0 Å². The van der Waals surface area contributed by atoms with Crippen LogP contribution in [0, 0.1) is 0 Å². The van der Waals surface area contributed by atoms with Gasteiger partial charge < -0.3 is 0 Å². The maximum absolute atomic E-state index is 4.06. The molecule has 0 radical (unpaired) electrons. The second-order valence-corrected chi connectivity index (χ2v) is 3.56. The Bertz CT molecular complexity index is 346. The molecule has 0 fully saturated rings. The molecule has 0 spiro atoms. The van der Waals surface area contributed by atoms with E-state index in [-0.39, 0.29) is 0 Å². The Labute approximate surface area is 95.2 Å². The van der Waals surface area contributed by atoms with E-state index in [9.17, 15) is 0 Å². The van der Waals surface area contributed by atoms with Gasteiger partial charge in [0.1, 0.15) is 11.4 Å². The molecule has 1 aromatic rings. The summed E-state index contributed by atoms with van der Waals surface area (Å²) in [6.07, 6.45) is 0. The number of benzene rings is 1. The Morgan fingerprint density at radius 3 is 1.44 bits per heavy atom. The third-order valence-electron chi connectivity index (χ3n) is 1.54. The molecule has 0 aliphatic rings. The second-order valence-electron chi connectivity index (χ2n) is 3.56. The molecule has 0 aliphatic heterocycles. The van der Waals surface area contributed by atoms with Crippen molar-refractivity contribution in [1.29, 1.82) is 0 Å². The lowest BCUT2D eigenvalue weighted by atomic mass is 10.3. The summed E-state index contributed by atoms with van der Waals surface area (Å²) in [4.78, 5) is 0. The average Bonchev–Trinajstić information content (AvgIpc) is 2.24. The fourth-order valence-corrected chi connectivity index (χ4v) is 0.909. The third-order valence-corrected chi connectivity index (χ3v) is 1.54. The van der Waals surface area contributed by atoms with Crippen molar-refractivity contribution >= 4 is 11.4 Å². The van der Waals surface area contributed by atoms with E-state index in [1.807, 2.05) is 52.5 Å². The van der Waals surface area contributed by atoms with Gasteiger partial charge in [0.2, 0.25) is 0 Å². The molecule has 0 aromatic heterocycles. The van der Waals surface area contributed by atoms with Gasteiger partial charge in [0.15, 0.2) is 0 Å². The number of nitrogens with zero attached hydrogens (tertiary/aromatic N) is 6. The number of hydrogen-bond donors (Lipinski definition) is 0. The summed E-state index contributed by atoms with van der Waals surface area (Å²) in [5, 5.41) is 19.2. The molecular weight excluding hydrogens is 204 g/mol. The van der Waals surface area contributed by atoms with Crippen LogP contribution >= 0.6 is 0 Å². The van der Waals surface area contributed by atoms with Crippen molar-refractivity contribution in [2.24, 2.45) is 20.7 Å². The summed E-state index contributed by atoms with van der Waals surface area (Å²) >= 11 is 0. The highest BCUT2D eigenvalue weighted by Gasteiger charge is 1.98. The van der Waals surface area contributed by atoms with Gasteiger partial charge in [0.05, 0.1) is 0 Å². The van der Waals surface area contributed by atoms with Crippen LogP contribution in [0.3, 0.4) is 0 Å². The summed E-state index contributed by atoms with van der Waals surface area (Å²) in [7, 11) is 7.25. The lowest BCUT2D eigenvalue weighted by Gasteiger charge is -2.03. The van der Waals surface area contributed by atoms with E-state index in [1.54, 1.807) is 10.0 Å². The number of rotatable bonds is 4. The first-order chi connectivity index (χ1) is 7.59. The summed E-state index contributed by atoms with van der Waals surface area (Å²) in [5.41, 5.74) is 1.39. The minimum absolute atomic E-state index is 0.696. The van der Waals surface area contributed by atoms with Crippen molar-refractivity contribution in [1.82, 2.24) is 10.0 Å². The Kier molecular flexibility index (Phi) is 4.38. The van der Waals surface area contributed by atoms with Gasteiger partial charge in [-0.1, -0.05) is 22.6 Å².